The molecule has 5 aromatic heterocycles. The van der Waals surface area contributed by atoms with Gasteiger partial charge >= 0.3 is 0 Å². The van der Waals surface area contributed by atoms with Crippen LogP contribution in [0.5, 0.6) is 0 Å². The van der Waals surface area contributed by atoms with Crippen LogP contribution in [0.2, 0.25) is 0 Å². The molecule has 0 saturated carbocycles. The fourth-order valence-corrected chi connectivity index (χ4v) is 13.4. The lowest BCUT2D eigenvalue weighted by atomic mass is 9.98. The van der Waals surface area contributed by atoms with E-state index in [2.05, 4.69) is 237 Å². The normalized spacial score (nSPS) is 11.7. The molecule has 0 atom stereocenters. The van der Waals surface area contributed by atoms with Crippen molar-refractivity contribution in [2.75, 3.05) is 0 Å². The third kappa shape index (κ3) is 7.32. The molecule has 0 spiro atoms. The highest BCUT2D eigenvalue weighted by Gasteiger charge is 2.26. The van der Waals surface area contributed by atoms with Crippen molar-refractivity contribution in [2.24, 2.45) is 0 Å². The van der Waals surface area contributed by atoms with Crippen molar-refractivity contribution < 1.29 is 0 Å². The van der Waals surface area contributed by atoms with Gasteiger partial charge in [-0.25, -0.2) is 15.0 Å². The molecule has 0 saturated heterocycles. The average molecular weight is 1100 g/mol. The van der Waals surface area contributed by atoms with E-state index in [9.17, 15) is 10.5 Å². The van der Waals surface area contributed by atoms with Crippen molar-refractivity contribution in [3.8, 4) is 80.2 Å². The maximum atomic E-state index is 11.3. The van der Waals surface area contributed by atoms with E-state index in [1.165, 1.54) is 16.2 Å². The Morgan fingerprint density at radius 3 is 1.23 bits per heavy atom. The Morgan fingerprint density at radius 1 is 0.279 bits per heavy atom. The number of benzene rings is 12. The van der Waals surface area contributed by atoms with E-state index in [1.54, 1.807) is 0 Å². The van der Waals surface area contributed by atoms with E-state index in [4.69, 9.17) is 15.0 Å². The Labute approximate surface area is 492 Å². The van der Waals surface area contributed by atoms with Crippen LogP contribution in [0, 0.1) is 22.7 Å². The number of fused-ring (bicyclic) bond motifs is 14. The average Bonchev–Trinajstić information content (AvgIpc) is 1.94. The van der Waals surface area contributed by atoms with E-state index in [0.29, 0.717) is 34.2 Å². The summed E-state index contributed by atoms with van der Waals surface area (Å²) in [7, 11) is 0. The SMILES string of the molecule is N#Cc1cccc(-c2cc(-c3nc(-c4ccccc4)nc(-c4ccc(-n5c6ccccc6c6c5ccc5c7ccccc7n(-c7ccccc7)c56)c(C#N)c4)n3)ccc2-n2c3ccccc3c3c2ccc2c4ccccc4n(-c4ccccc4)c23)c1. The van der Waals surface area contributed by atoms with Crippen molar-refractivity contribution in [3.63, 3.8) is 0 Å². The van der Waals surface area contributed by atoms with Crippen LogP contribution in [0.15, 0.2) is 273 Å². The number of nitrogens with zero attached hydrogens (tertiary/aromatic N) is 9. The molecule has 9 nitrogen and oxygen atoms in total. The molecule has 0 bridgehead atoms. The minimum absolute atomic E-state index is 0.422. The predicted molar refractivity (Wildman–Crippen MR) is 348 cm³/mol. The highest BCUT2D eigenvalue weighted by Crippen LogP contribution is 2.46. The Hall–Kier alpha value is -12.2. The predicted octanol–water partition coefficient (Wildman–Crippen LogP) is 18.7. The Morgan fingerprint density at radius 2 is 0.709 bits per heavy atom. The summed E-state index contributed by atoms with van der Waals surface area (Å²) >= 11 is 0. The van der Waals surface area contributed by atoms with Crippen molar-refractivity contribution in [2.45, 2.75) is 0 Å². The van der Waals surface area contributed by atoms with Crippen LogP contribution >= 0.6 is 0 Å². The second kappa shape index (κ2) is 19.2. The zero-order chi connectivity index (χ0) is 57.0. The fraction of sp³-hybridized carbons (Fsp3) is 0. The first kappa shape index (κ1) is 48.5. The fourth-order valence-electron chi connectivity index (χ4n) is 13.4. The summed E-state index contributed by atoms with van der Waals surface area (Å²) in [6.45, 7) is 0. The van der Waals surface area contributed by atoms with Gasteiger partial charge < -0.3 is 18.3 Å². The van der Waals surface area contributed by atoms with Gasteiger partial charge in [0.1, 0.15) is 6.07 Å². The van der Waals surface area contributed by atoms with Gasteiger partial charge in [-0.05, 0) is 115 Å². The zero-order valence-electron chi connectivity index (χ0n) is 46.0. The Bertz CT molecular complexity index is 5740. The van der Waals surface area contributed by atoms with Crippen LogP contribution in [0.1, 0.15) is 11.1 Å². The Kier molecular flexibility index (Phi) is 10.8. The van der Waals surface area contributed by atoms with E-state index < -0.39 is 0 Å². The number of hydrogen-bond donors (Lipinski definition) is 0. The van der Waals surface area contributed by atoms with Crippen molar-refractivity contribution in [3.05, 3.63) is 284 Å². The molecular weight excluding hydrogens is 1050 g/mol. The number of para-hydroxylation sites is 6. The zero-order valence-corrected chi connectivity index (χ0v) is 46.0. The Balaban J connectivity index is 0.862. The smallest absolute Gasteiger partial charge is 0.164 e. The van der Waals surface area contributed by atoms with Crippen LogP contribution in [0.25, 0.3) is 155 Å². The topological polar surface area (TPSA) is 106 Å². The third-order valence-corrected chi connectivity index (χ3v) is 17.1. The summed E-state index contributed by atoms with van der Waals surface area (Å²) in [5.74, 6) is 1.37. The highest BCUT2D eigenvalue weighted by molar-refractivity contribution is 6.28. The van der Waals surface area contributed by atoms with Crippen molar-refractivity contribution in [1.29, 1.82) is 10.5 Å². The number of aromatic nitrogens is 7. The molecule has 86 heavy (non-hydrogen) atoms. The third-order valence-electron chi connectivity index (χ3n) is 17.1. The first-order chi connectivity index (χ1) is 42.6. The number of hydrogen-bond acceptors (Lipinski definition) is 5. The summed E-state index contributed by atoms with van der Waals surface area (Å²) in [5.41, 5.74) is 17.4. The quantitative estimate of drug-likeness (QED) is 0.151. The van der Waals surface area contributed by atoms with Gasteiger partial charge in [-0.2, -0.15) is 10.5 Å². The summed E-state index contributed by atoms with van der Waals surface area (Å²) in [6, 6.07) is 99.4. The molecule has 17 rings (SSSR count). The van der Waals surface area contributed by atoms with E-state index in [-0.39, 0.29) is 0 Å². The molecule has 0 fully saturated rings. The molecule has 5 heterocycles. The summed E-state index contributed by atoms with van der Waals surface area (Å²) < 4.78 is 9.35. The first-order valence-electron chi connectivity index (χ1n) is 28.6. The van der Waals surface area contributed by atoms with Crippen LogP contribution < -0.4 is 0 Å². The van der Waals surface area contributed by atoms with Gasteiger partial charge in [0.25, 0.3) is 0 Å². The van der Waals surface area contributed by atoms with Crippen LogP contribution in [-0.2, 0) is 0 Å². The van der Waals surface area contributed by atoms with E-state index >= 15 is 0 Å². The molecule has 0 aliphatic heterocycles. The molecule has 0 radical (unpaired) electrons. The van der Waals surface area contributed by atoms with Gasteiger partial charge in [0.2, 0.25) is 0 Å². The molecular formula is C77H45N9. The number of nitriles is 2. The summed E-state index contributed by atoms with van der Waals surface area (Å²) in [5, 5.41) is 30.8. The number of rotatable bonds is 8. The van der Waals surface area contributed by atoms with Crippen LogP contribution in [0.3, 0.4) is 0 Å². The van der Waals surface area contributed by atoms with Gasteiger partial charge in [-0.15, -0.1) is 0 Å². The largest absolute Gasteiger partial charge is 0.309 e. The molecule has 0 aliphatic rings. The lowest BCUT2D eigenvalue weighted by molar-refractivity contribution is 1.07. The molecule has 0 amide bonds. The molecule has 12 aromatic carbocycles. The van der Waals surface area contributed by atoms with Gasteiger partial charge in [0.15, 0.2) is 17.5 Å². The lowest BCUT2D eigenvalue weighted by Gasteiger charge is -2.17. The lowest BCUT2D eigenvalue weighted by Crippen LogP contribution is -2.03. The molecule has 0 aliphatic carbocycles. The van der Waals surface area contributed by atoms with Crippen LogP contribution in [-0.4, -0.2) is 33.2 Å². The van der Waals surface area contributed by atoms with Gasteiger partial charge in [-0.1, -0.05) is 164 Å². The van der Waals surface area contributed by atoms with Crippen molar-refractivity contribution >= 4 is 87.2 Å². The van der Waals surface area contributed by atoms with Crippen LogP contribution in [0.4, 0.5) is 0 Å². The molecule has 0 N–H and O–H groups in total. The minimum Gasteiger partial charge on any atom is -0.309 e. The summed E-state index contributed by atoms with van der Waals surface area (Å²) in [6.07, 6.45) is 0. The second-order valence-corrected chi connectivity index (χ2v) is 21.7. The maximum Gasteiger partial charge on any atom is 0.164 e. The van der Waals surface area contributed by atoms with E-state index in [0.717, 1.165) is 116 Å². The molecule has 0 unspecified atom stereocenters. The molecule has 17 aromatic rings. The second-order valence-electron chi connectivity index (χ2n) is 21.7. The monoisotopic (exact) mass is 1100 g/mol. The van der Waals surface area contributed by atoms with Gasteiger partial charge in [-0.3, -0.25) is 0 Å². The first-order valence-corrected chi connectivity index (χ1v) is 28.6. The minimum atomic E-state index is 0.422. The summed E-state index contributed by atoms with van der Waals surface area (Å²) in [4.78, 5) is 15.7. The van der Waals surface area contributed by atoms with Crippen molar-refractivity contribution in [1.82, 2.24) is 33.2 Å². The maximum absolute atomic E-state index is 11.3. The highest BCUT2D eigenvalue weighted by atomic mass is 15.1. The van der Waals surface area contributed by atoms with Gasteiger partial charge in [0, 0.05) is 76.7 Å². The molecule has 398 valence electrons. The molecule has 9 heteroatoms. The van der Waals surface area contributed by atoms with E-state index in [1.807, 2.05) is 66.7 Å². The van der Waals surface area contributed by atoms with Gasteiger partial charge in [0.05, 0.1) is 72.7 Å². The standard InChI is InChI=1S/C77H45N9/c78-46-48-19-18-22-50(43-48)62-45-52(36-40-68(62)86-67-34-17-13-30-61(67)72-70(86)42-38-59-57-28-11-15-32-65(57)84(74(59)72)55-25-8-3-9-26-55)77-81-75(49-20-4-1-5-21-49)80-76(82-77)51-35-39-63(53(44-51)47-79)85-66-33-16-12-29-60(66)71-69(85)41-37-58-56-27-10-14-31-64(56)83(73(58)71)54-23-6-2-7-24-54/h1-45H.